The minimum Gasteiger partial charge on any atom is -0.477 e. The molecule has 1 N–H and O–H groups in total. The first-order valence-corrected chi connectivity index (χ1v) is 11.0. The Morgan fingerprint density at radius 1 is 1.19 bits per heavy atom. The van der Waals surface area contributed by atoms with Gasteiger partial charge in [0.05, 0.1) is 10.6 Å². The summed E-state index contributed by atoms with van der Waals surface area (Å²) in [4.78, 5) is 15.7. The fraction of sp³-hybridized carbons (Fsp3) is 0.609. The Morgan fingerprint density at radius 3 is 2.37 bits per heavy atom. The molecule has 0 spiro atoms. The van der Waals surface area contributed by atoms with E-state index < -0.39 is 5.97 Å². The minimum atomic E-state index is -0.842. The lowest BCUT2D eigenvalue weighted by Crippen LogP contribution is -2.37. The molecule has 1 aromatic heterocycles. The van der Waals surface area contributed by atoms with Crippen LogP contribution in [-0.2, 0) is 0 Å². The zero-order chi connectivity index (χ0) is 19.6. The first-order valence-electron chi connectivity index (χ1n) is 10.1. The highest BCUT2D eigenvalue weighted by Crippen LogP contribution is 2.40. The third-order valence-electron chi connectivity index (χ3n) is 5.50. The average molecular weight is 386 g/mol. The van der Waals surface area contributed by atoms with Crippen molar-refractivity contribution in [1.29, 1.82) is 0 Å². The van der Waals surface area contributed by atoms with Gasteiger partial charge in [-0.05, 0) is 65.9 Å². The van der Waals surface area contributed by atoms with Crippen LogP contribution >= 0.6 is 11.3 Å². The summed E-state index contributed by atoms with van der Waals surface area (Å²) in [6, 6.07) is 2.42. The second-order valence-corrected chi connectivity index (χ2v) is 9.89. The van der Waals surface area contributed by atoms with E-state index in [0.29, 0.717) is 10.9 Å². The van der Waals surface area contributed by atoms with Crippen molar-refractivity contribution in [2.45, 2.75) is 85.1 Å². The van der Waals surface area contributed by atoms with E-state index in [1.54, 1.807) is 0 Å². The van der Waals surface area contributed by atoms with E-state index in [2.05, 4.69) is 44.4 Å². The van der Waals surface area contributed by atoms with Crippen LogP contribution < -0.4 is 4.90 Å². The first-order chi connectivity index (χ1) is 12.8. The molecule has 2 aliphatic rings. The molecule has 2 aliphatic carbocycles. The van der Waals surface area contributed by atoms with Gasteiger partial charge in [0.1, 0.15) is 4.88 Å². The van der Waals surface area contributed by atoms with Gasteiger partial charge in [0.25, 0.3) is 0 Å². The maximum atomic E-state index is 12.0. The summed E-state index contributed by atoms with van der Waals surface area (Å²) in [6.45, 7) is 8.41. The van der Waals surface area contributed by atoms with Crippen LogP contribution in [0.15, 0.2) is 17.3 Å². The van der Waals surface area contributed by atoms with E-state index in [-0.39, 0.29) is 5.41 Å². The van der Waals surface area contributed by atoms with Gasteiger partial charge < -0.3 is 10.0 Å². The second kappa shape index (κ2) is 8.10. The van der Waals surface area contributed by atoms with E-state index >= 15 is 0 Å². The highest BCUT2D eigenvalue weighted by Gasteiger charge is 2.30. The third-order valence-corrected chi connectivity index (χ3v) is 6.52. The lowest BCUT2D eigenvalue weighted by Gasteiger charge is -2.39. The van der Waals surface area contributed by atoms with Gasteiger partial charge in [-0.25, -0.2) is 4.79 Å². The molecule has 1 aromatic rings. The normalized spacial score (nSPS) is 17.7. The molecule has 1 heterocycles. The molecule has 2 saturated carbocycles. The van der Waals surface area contributed by atoms with Crippen molar-refractivity contribution < 1.29 is 9.90 Å². The van der Waals surface area contributed by atoms with Gasteiger partial charge in [-0.1, -0.05) is 36.7 Å². The van der Waals surface area contributed by atoms with Crippen LogP contribution in [0.5, 0.6) is 0 Å². The molecule has 4 heteroatoms. The van der Waals surface area contributed by atoms with Crippen LogP contribution in [0.3, 0.4) is 0 Å². The number of aromatic carboxylic acids is 1. The molecule has 27 heavy (non-hydrogen) atoms. The summed E-state index contributed by atoms with van der Waals surface area (Å²) < 4.78 is 0. The lowest BCUT2D eigenvalue weighted by atomic mass is 9.88. The van der Waals surface area contributed by atoms with Crippen molar-refractivity contribution in [2.24, 2.45) is 5.41 Å². The molecule has 146 valence electrons. The summed E-state index contributed by atoms with van der Waals surface area (Å²) in [5, 5.41) is 9.87. The first kappa shape index (κ1) is 20.0. The van der Waals surface area contributed by atoms with Crippen molar-refractivity contribution >= 4 is 23.0 Å². The predicted molar refractivity (Wildman–Crippen MR) is 114 cm³/mol. The molecule has 0 aromatic carbocycles. The molecular formula is C23H31NO2S. The summed E-state index contributed by atoms with van der Waals surface area (Å²) in [7, 11) is 0. The number of anilines is 1. The monoisotopic (exact) mass is 385 g/mol. The van der Waals surface area contributed by atoms with Gasteiger partial charge in [0.2, 0.25) is 0 Å². The molecular weight excluding hydrogens is 354 g/mol. The standard InChI is InChI=1S/C23H31NO2S/c1-16(17-9-8-10-17)24(18-11-6-5-7-12-18)20-15-19(13-14-23(2,3)4)27-21(20)22(25)26/h15,18H,5-12H2,1-4H3,(H,25,26). The Hall–Kier alpha value is -1.73. The Bertz CT molecular complexity index is 789. The molecule has 0 bridgehead atoms. The maximum absolute atomic E-state index is 12.0. The molecule has 0 unspecified atom stereocenters. The summed E-state index contributed by atoms with van der Waals surface area (Å²) in [5.41, 5.74) is 3.53. The van der Waals surface area contributed by atoms with Gasteiger partial charge >= 0.3 is 5.97 Å². The van der Waals surface area contributed by atoms with E-state index in [1.807, 2.05) is 6.07 Å². The molecule has 0 amide bonds. The summed E-state index contributed by atoms with van der Waals surface area (Å²) >= 11 is 1.32. The van der Waals surface area contributed by atoms with Crippen LogP contribution in [0, 0.1) is 17.3 Å². The number of carboxylic acids is 1. The molecule has 2 fully saturated rings. The van der Waals surface area contributed by atoms with E-state index in [4.69, 9.17) is 0 Å². The van der Waals surface area contributed by atoms with Crippen molar-refractivity contribution in [3.8, 4) is 11.8 Å². The SMILES string of the molecule is CC(=C1CCC1)N(c1cc(C#CC(C)(C)C)sc1C(=O)O)C1CCCCC1. The minimum absolute atomic E-state index is 0.0968. The van der Waals surface area contributed by atoms with Gasteiger partial charge in [-0.15, -0.1) is 11.3 Å². The second-order valence-electron chi connectivity index (χ2n) is 8.83. The highest BCUT2D eigenvalue weighted by atomic mass is 32.1. The summed E-state index contributed by atoms with van der Waals surface area (Å²) in [6.07, 6.45) is 9.59. The number of carbonyl (C=O) groups is 1. The zero-order valence-electron chi connectivity index (χ0n) is 17.0. The van der Waals surface area contributed by atoms with E-state index in [0.717, 1.165) is 36.2 Å². The lowest BCUT2D eigenvalue weighted by molar-refractivity contribution is 0.0702. The topological polar surface area (TPSA) is 40.5 Å². The fourth-order valence-electron chi connectivity index (χ4n) is 3.90. The number of rotatable bonds is 4. The van der Waals surface area contributed by atoms with Crippen LogP contribution in [0.25, 0.3) is 0 Å². The van der Waals surface area contributed by atoms with Gasteiger partial charge in [0.15, 0.2) is 0 Å². The average Bonchev–Trinajstić information content (AvgIpc) is 2.96. The largest absolute Gasteiger partial charge is 0.477 e. The zero-order valence-corrected chi connectivity index (χ0v) is 17.8. The molecule has 0 aliphatic heterocycles. The predicted octanol–water partition coefficient (Wildman–Crippen LogP) is 6.44. The van der Waals surface area contributed by atoms with Crippen LogP contribution in [0.4, 0.5) is 5.69 Å². The number of nitrogens with zero attached hydrogens (tertiary/aromatic N) is 1. The maximum Gasteiger partial charge on any atom is 0.348 e. The number of allylic oxidation sites excluding steroid dienone is 2. The van der Waals surface area contributed by atoms with Gasteiger partial charge in [0, 0.05) is 17.2 Å². The Kier molecular flexibility index (Phi) is 6.01. The molecule has 0 atom stereocenters. The molecule has 3 rings (SSSR count). The van der Waals surface area contributed by atoms with E-state index in [9.17, 15) is 9.90 Å². The van der Waals surface area contributed by atoms with Crippen molar-refractivity contribution in [2.75, 3.05) is 4.90 Å². The molecule has 3 nitrogen and oxygen atoms in total. The van der Waals surface area contributed by atoms with Gasteiger partial charge in [-0.3, -0.25) is 0 Å². The fourth-order valence-corrected chi connectivity index (χ4v) is 4.74. The quantitative estimate of drug-likeness (QED) is 0.606. The van der Waals surface area contributed by atoms with Crippen molar-refractivity contribution in [1.82, 2.24) is 0 Å². The van der Waals surface area contributed by atoms with Crippen molar-refractivity contribution in [3.05, 3.63) is 27.1 Å². The van der Waals surface area contributed by atoms with Gasteiger partial charge in [-0.2, -0.15) is 0 Å². The Balaban J connectivity index is 2.05. The Labute approximate surface area is 167 Å². The van der Waals surface area contributed by atoms with Crippen LogP contribution in [-0.4, -0.2) is 17.1 Å². The number of thiophene rings is 1. The highest BCUT2D eigenvalue weighted by molar-refractivity contribution is 7.15. The number of carboxylic acid groups (broad SMARTS) is 1. The number of hydrogen-bond donors (Lipinski definition) is 1. The molecule has 0 radical (unpaired) electrons. The van der Waals surface area contributed by atoms with Crippen LogP contribution in [0.2, 0.25) is 0 Å². The smallest absolute Gasteiger partial charge is 0.348 e. The Morgan fingerprint density at radius 2 is 1.85 bits per heavy atom. The van der Waals surface area contributed by atoms with Crippen LogP contribution in [0.1, 0.15) is 93.6 Å². The van der Waals surface area contributed by atoms with Crippen molar-refractivity contribution in [3.63, 3.8) is 0 Å². The summed E-state index contributed by atoms with van der Waals surface area (Å²) in [5.74, 6) is 5.62. The number of hydrogen-bond acceptors (Lipinski definition) is 3. The molecule has 0 saturated heterocycles. The van der Waals surface area contributed by atoms with E-state index in [1.165, 1.54) is 48.3 Å². The third kappa shape index (κ3) is 4.76.